The van der Waals surface area contributed by atoms with E-state index in [2.05, 4.69) is 20.1 Å². The highest BCUT2D eigenvalue weighted by Crippen LogP contribution is 2.48. The summed E-state index contributed by atoms with van der Waals surface area (Å²) in [6.07, 6.45) is 1.93. The summed E-state index contributed by atoms with van der Waals surface area (Å²) in [6, 6.07) is 0. The number of aliphatic hydroxyl groups excluding tert-OH is 1. The van der Waals surface area contributed by atoms with Gasteiger partial charge in [-0.1, -0.05) is 5.18 Å². The lowest BCUT2D eigenvalue weighted by Gasteiger charge is -2.31. The molecule has 0 aromatic carbocycles. The minimum atomic E-state index is -0.954. The molecule has 122 valence electrons. The summed E-state index contributed by atoms with van der Waals surface area (Å²) in [4.78, 5) is 23.0. The number of nitrogens with two attached hydrogens (primary N) is 1. The third-order valence-electron chi connectivity index (χ3n) is 4.55. The fourth-order valence-corrected chi connectivity index (χ4v) is 3.49. The predicted octanol–water partition coefficient (Wildman–Crippen LogP) is -0.0176. The van der Waals surface area contributed by atoms with Crippen LogP contribution in [0.15, 0.2) is 17.8 Å². The number of rotatable bonds is 3. The Morgan fingerprint density at radius 1 is 1.48 bits per heavy atom. The van der Waals surface area contributed by atoms with Crippen molar-refractivity contribution in [3.05, 3.63) is 17.6 Å². The molecule has 10 heteroatoms. The van der Waals surface area contributed by atoms with Crippen molar-refractivity contribution in [2.24, 2.45) is 5.18 Å². The Morgan fingerprint density at radius 3 is 3.09 bits per heavy atom. The van der Waals surface area contributed by atoms with Gasteiger partial charge in [0.2, 0.25) is 0 Å². The molecule has 2 aromatic rings. The van der Waals surface area contributed by atoms with Gasteiger partial charge >= 0.3 is 0 Å². The van der Waals surface area contributed by atoms with Crippen LogP contribution in [-0.4, -0.2) is 55.6 Å². The molecule has 0 bridgehead atoms. The number of aromatic nitrogens is 4. The zero-order valence-corrected chi connectivity index (χ0v) is 12.2. The van der Waals surface area contributed by atoms with Crippen molar-refractivity contribution in [2.45, 2.75) is 36.9 Å². The van der Waals surface area contributed by atoms with Crippen molar-refractivity contribution in [1.29, 1.82) is 0 Å². The summed E-state index contributed by atoms with van der Waals surface area (Å²) in [6.45, 7) is 0.369. The smallest absolute Gasteiger partial charge is 0.168 e. The molecule has 0 saturated carbocycles. The molecule has 2 aromatic heterocycles. The number of hydrogen-bond donors (Lipinski definition) is 2. The van der Waals surface area contributed by atoms with Crippen LogP contribution in [0.25, 0.3) is 11.2 Å². The van der Waals surface area contributed by atoms with Gasteiger partial charge in [-0.2, -0.15) is 4.91 Å². The molecule has 4 atom stereocenters. The van der Waals surface area contributed by atoms with Crippen LogP contribution in [0.4, 0.5) is 5.82 Å². The van der Waals surface area contributed by atoms with E-state index in [-0.39, 0.29) is 12.4 Å². The van der Waals surface area contributed by atoms with Crippen LogP contribution < -0.4 is 5.73 Å². The molecule has 2 fully saturated rings. The quantitative estimate of drug-likeness (QED) is 0.753. The van der Waals surface area contributed by atoms with E-state index in [9.17, 15) is 10.0 Å². The Balaban J connectivity index is 1.82. The van der Waals surface area contributed by atoms with E-state index >= 15 is 0 Å². The van der Waals surface area contributed by atoms with Crippen molar-refractivity contribution in [1.82, 2.24) is 19.5 Å². The minimum absolute atomic E-state index is 0.146. The van der Waals surface area contributed by atoms with E-state index in [0.29, 0.717) is 24.2 Å². The number of anilines is 1. The van der Waals surface area contributed by atoms with Crippen molar-refractivity contribution in [3.8, 4) is 0 Å². The first-order chi connectivity index (χ1) is 11.2. The maximum absolute atomic E-state index is 10.6. The van der Waals surface area contributed by atoms with E-state index in [1.54, 1.807) is 4.57 Å². The van der Waals surface area contributed by atoms with Gasteiger partial charge in [-0.05, 0) is 12.8 Å². The third-order valence-corrected chi connectivity index (χ3v) is 4.55. The van der Waals surface area contributed by atoms with Crippen LogP contribution in [0.5, 0.6) is 0 Å². The highest BCUT2D eigenvalue weighted by atomic mass is 16.6. The van der Waals surface area contributed by atoms with Gasteiger partial charge in [0.25, 0.3) is 0 Å². The third kappa shape index (κ3) is 1.95. The van der Waals surface area contributed by atoms with Crippen molar-refractivity contribution in [3.63, 3.8) is 0 Å². The zero-order valence-electron chi connectivity index (χ0n) is 12.2. The van der Waals surface area contributed by atoms with E-state index in [1.807, 2.05) is 0 Å². The van der Waals surface area contributed by atoms with Crippen LogP contribution in [0.2, 0.25) is 0 Å². The molecule has 0 radical (unpaired) electrons. The number of fused-ring (bicyclic) bond motifs is 1. The number of imidazole rings is 1. The van der Waals surface area contributed by atoms with Gasteiger partial charge in [-0.3, -0.25) is 4.57 Å². The normalized spacial score (nSPS) is 33.7. The molecule has 2 aliphatic heterocycles. The van der Waals surface area contributed by atoms with Gasteiger partial charge in [0.15, 0.2) is 17.7 Å². The second kappa shape index (κ2) is 5.18. The van der Waals surface area contributed by atoms with Crippen molar-refractivity contribution >= 4 is 17.0 Å². The van der Waals surface area contributed by atoms with Crippen LogP contribution in [0.1, 0.15) is 19.1 Å². The average Bonchev–Trinajstić information content (AvgIpc) is 3.24. The first-order valence-corrected chi connectivity index (χ1v) is 7.37. The Kier molecular flexibility index (Phi) is 3.25. The largest absolute Gasteiger partial charge is 0.387 e. The molecular weight excluding hydrogens is 304 g/mol. The molecule has 0 aliphatic carbocycles. The number of nitrogens with zero attached hydrogens (tertiary/aromatic N) is 5. The second-order valence-corrected chi connectivity index (χ2v) is 5.77. The molecular formula is C13H16N6O4. The van der Waals surface area contributed by atoms with Gasteiger partial charge in [0, 0.05) is 6.61 Å². The molecule has 4 rings (SSSR count). The standard InChI is InChI=1S/C13H16N6O4/c14-10-8-11(16-5-15-10)19(6-17-8)12-13(2-1-3-22-13)9(20)7(23-12)4-18-21/h5-7,9,12,20H,1-4H2,(H2,14,15,16)/t7-,9-,12-,13+/m1/s1. The van der Waals surface area contributed by atoms with Gasteiger partial charge in [0.1, 0.15) is 36.2 Å². The van der Waals surface area contributed by atoms with E-state index in [1.165, 1.54) is 12.7 Å². The molecule has 3 N–H and O–H groups in total. The first-order valence-electron chi connectivity index (χ1n) is 7.37. The maximum Gasteiger partial charge on any atom is 0.168 e. The van der Waals surface area contributed by atoms with E-state index in [4.69, 9.17) is 15.2 Å². The fraction of sp³-hybridized carbons (Fsp3) is 0.615. The molecule has 0 amide bonds. The monoisotopic (exact) mass is 320 g/mol. The fourth-order valence-electron chi connectivity index (χ4n) is 3.49. The highest BCUT2D eigenvalue weighted by molar-refractivity contribution is 5.81. The molecule has 2 saturated heterocycles. The molecule has 4 heterocycles. The topological polar surface area (TPSA) is 138 Å². The Bertz CT molecular complexity index is 743. The number of nitrogen functional groups attached to an aromatic ring is 1. The summed E-state index contributed by atoms with van der Waals surface area (Å²) < 4.78 is 13.4. The lowest BCUT2D eigenvalue weighted by atomic mass is 9.90. The Morgan fingerprint density at radius 2 is 2.35 bits per heavy atom. The number of hydrogen-bond acceptors (Lipinski definition) is 9. The van der Waals surface area contributed by atoms with Gasteiger partial charge in [-0.25, -0.2) is 15.0 Å². The number of aliphatic hydroxyl groups is 1. The van der Waals surface area contributed by atoms with Crippen molar-refractivity contribution in [2.75, 3.05) is 18.9 Å². The number of nitroso groups, excluding NO2 is 1. The van der Waals surface area contributed by atoms with Crippen LogP contribution >= 0.6 is 0 Å². The lowest BCUT2D eigenvalue weighted by molar-refractivity contribution is -0.118. The highest BCUT2D eigenvalue weighted by Gasteiger charge is 2.59. The van der Waals surface area contributed by atoms with Crippen LogP contribution in [0.3, 0.4) is 0 Å². The van der Waals surface area contributed by atoms with Crippen LogP contribution in [0, 0.1) is 4.91 Å². The molecule has 10 nitrogen and oxygen atoms in total. The van der Waals surface area contributed by atoms with Gasteiger partial charge in [0.05, 0.1) is 6.33 Å². The van der Waals surface area contributed by atoms with E-state index in [0.717, 1.165) is 6.42 Å². The molecule has 1 spiro atoms. The second-order valence-electron chi connectivity index (χ2n) is 5.77. The summed E-state index contributed by atoms with van der Waals surface area (Å²) >= 11 is 0. The summed E-state index contributed by atoms with van der Waals surface area (Å²) in [5, 5.41) is 13.5. The molecule has 0 unspecified atom stereocenters. The van der Waals surface area contributed by atoms with Gasteiger partial charge in [-0.15, -0.1) is 0 Å². The Labute approximate surface area is 130 Å². The Hall–Kier alpha value is -2.17. The molecule has 2 aliphatic rings. The van der Waals surface area contributed by atoms with Crippen LogP contribution in [-0.2, 0) is 9.47 Å². The first kappa shape index (κ1) is 14.4. The summed E-state index contributed by atoms with van der Waals surface area (Å²) in [5.41, 5.74) is 5.81. The summed E-state index contributed by atoms with van der Waals surface area (Å²) in [5.74, 6) is 0.264. The molecule has 23 heavy (non-hydrogen) atoms. The number of ether oxygens (including phenoxy) is 2. The lowest BCUT2D eigenvalue weighted by Crippen LogP contribution is -2.46. The van der Waals surface area contributed by atoms with Crippen molar-refractivity contribution < 1.29 is 14.6 Å². The average molecular weight is 320 g/mol. The summed E-state index contributed by atoms with van der Waals surface area (Å²) in [7, 11) is 0. The minimum Gasteiger partial charge on any atom is -0.387 e. The SMILES string of the molecule is Nc1ncnc2c1ncn2[C@@H]1O[C@H](CN=O)[C@@H](O)[C@@]12CCCO2. The zero-order chi connectivity index (χ0) is 16.0. The van der Waals surface area contributed by atoms with E-state index < -0.39 is 24.0 Å². The predicted molar refractivity (Wildman–Crippen MR) is 78.2 cm³/mol. The maximum atomic E-state index is 10.6. The van der Waals surface area contributed by atoms with Gasteiger partial charge < -0.3 is 20.3 Å².